The molecule has 9 heteroatoms. The van der Waals surface area contributed by atoms with Crippen LogP contribution in [0.1, 0.15) is 15.9 Å². The van der Waals surface area contributed by atoms with Crippen molar-refractivity contribution >= 4 is 52.1 Å². The van der Waals surface area contributed by atoms with E-state index < -0.39 is 17.8 Å². The van der Waals surface area contributed by atoms with E-state index in [0.29, 0.717) is 27.6 Å². The van der Waals surface area contributed by atoms with E-state index in [4.69, 9.17) is 21.1 Å². The van der Waals surface area contributed by atoms with E-state index >= 15 is 0 Å². The molecule has 2 amide bonds. The van der Waals surface area contributed by atoms with Gasteiger partial charge in [-0.2, -0.15) is 5.10 Å². The zero-order valence-corrected chi connectivity index (χ0v) is 19.8. The standard InChI is InChI=1S/C27H20ClN3O5/c1-35-21-13-11-20(12-14-21)30-25(32)26(33)31-29-16-23-22-5-3-2-4-17(22)8-15-24(23)36-27(34)18-6-9-19(28)10-7-18/h2-16H,1H3,(H,30,32)(H,31,33)/b29-16-. The third-order valence-electron chi connectivity index (χ3n) is 5.13. The molecule has 0 aliphatic carbocycles. The number of nitrogens with zero attached hydrogens (tertiary/aromatic N) is 1. The van der Waals surface area contributed by atoms with E-state index in [9.17, 15) is 14.4 Å². The van der Waals surface area contributed by atoms with Crippen molar-refractivity contribution in [2.75, 3.05) is 12.4 Å². The topological polar surface area (TPSA) is 106 Å². The van der Waals surface area contributed by atoms with Crippen molar-refractivity contribution in [2.24, 2.45) is 5.10 Å². The number of anilines is 1. The smallest absolute Gasteiger partial charge is 0.343 e. The number of hydrogen-bond donors (Lipinski definition) is 2. The predicted octanol–water partition coefficient (Wildman–Crippen LogP) is 4.81. The van der Waals surface area contributed by atoms with E-state index in [1.165, 1.54) is 13.3 Å². The van der Waals surface area contributed by atoms with E-state index in [1.807, 2.05) is 24.3 Å². The summed E-state index contributed by atoms with van der Waals surface area (Å²) in [6, 6.07) is 23.6. The first-order valence-electron chi connectivity index (χ1n) is 10.7. The summed E-state index contributed by atoms with van der Waals surface area (Å²) in [7, 11) is 1.53. The maximum Gasteiger partial charge on any atom is 0.343 e. The maximum absolute atomic E-state index is 12.7. The first-order valence-corrected chi connectivity index (χ1v) is 11.1. The Morgan fingerprint density at radius 2 is 1.58 bits per heavy atom. The summed E-state index contributed by atoms with van der Waals surface area (Å²) in [6.45, 7) is 0. The van der Waals surface area contributed by atoms with Gasteiger partial charge in [-0.3, -0.25) is 9.59 Å². The summed E-state index contributed by atoms with van der Waals surface area (Å²) < 4.78 is 10.7. The minimum atomic E-state index is -0.970. The maximum atomic E-state index is 12.7. The molecule has 0 aliphatic heterocycles. The average Bonchev–Trinajstić information content (AvgIpc) is 2.90. The van der Waals surface area contributed by atoms with Crippen molar-refractivity contribution in [1.82, 2.24) is 5.43 Å². The first kappa shape index (κ1) is 24.4. The molecule has 0 saturated heterocycles. The Morgan fingerprint density at radius 3 is 2.31 bits per heavy atom. The molecule has 4 aromatic rings. The number of amides is 2. The fraction of sp³-hybridized carbons (Fsp3) is 0.0370. The van der Waals surface area contributed by atoms with Crippen LogP contribution in [0.2, 0.25) is 5.02 Å². The summed E-state index contributed by atoms with van der Waals surface area (Å²) in [5, 5.41) is 8.49. The number of esters is 1. The second kappa shape index (κ2) is 11.2. The van der Waals surface area contributed by atoms with Crippen molar-refractivity contribution < 1.29 is 23.9 Å². The second-order valence-electron chi connectivity index (χ2n) is 7.48. The van der Waals surface area contributed by atoms with Gasteiger partial charge in [0.2, 0.25) is 0 Å². The highest BCUT2D eigenvalue weighted by Gasteiger charge is 2.15. The highest BCUT2D eigenvalue weighted by molar-refractivity contribution is 6.39. The zero-order valence-electron chi connectivity index (χ0n) is 19.0. The number of halogens is 1. The number of nitrogens with one attached hydrogen (secondary N) is 2. The fourth-order valence-corrected chi connectivity index (χ4v) is 3.44. The number of rotatable bonds is 6. The van der Waals surface area contributed by atoms with Gasteiger partial charge in [0.15, 0.2) is 0 Å². The summed E-state index contributed by atoms with van der Waals surface area (Å²) >= 11 is 5.89. The monoisotopic (exact) mass is 501 g/mol. The molecule has 2 N–H and O–H groups in total. The Hall–Kier alpha value is -4.69. The lowest BCUT2D eigenvalue weighted by atomic mass is 10.0. The van der Waals surface area contributed by atoms with Gasteiger partial charge >= 0.3 is 17.8 Å². The van der Waals surface area contributed by atoms with Crippen LogP contribution in [0.15, 0.2) is 90.0 Å². The van der Waals surface area contributed by atoms with Gasteiger partial charge in [0.1, 0.15) is 11.5 Å². The second-order valence-corrected chi connectivity index (χ2v) is 7.91. The minimum absolute atomic E-state index is 0.231. The average molecular weight is 502 g/mol. The van der Waals surface area contributed by atoms with Crippen LogP contribution in [0, 0.1) is 0 Å². The molecule has 36 heavy (non-hydrogen) atoms. The molecule has 0 aromatic heterocycles. The lowest BCUT2D eigenvalue weighted by molar-refractivity contribution is -0.136. The molecular weight excluding hydrogens is 482 g/mol. The number of carbonyl (C=O) groups excluding carboxylic acids is 3. The van der Waals surface area contributed by atoms with Gasteiger partial charge in [-0.15, -0.1) is 0 Å². The molecular formula is C27H20ClN3O5. The van der Waals surface area contributed by atoms with Crippen molar-refractivity contribution in [2.45, 2.75) is 0 Å². The first-order chi connectivity index (χ1) is 17.4. The van der Waals surface area contributed by atoms with Gasteiger partial charge in [-0.25, -0.2) is 10.2 Å². The van der Waals surface area contributed by atoms with Gasteiger partial charge < -0.3 is 14.8 Å². The van der Waals surface area contributed by atoms with Crippen LogP contribution in [0.4, 0.5) is 5.69 Å². The number of ether oxygens (including phenoxy) is 2. The van der Waals surface area contributed by atoms with Crippen LogP contribution in [0.3, 0.4) is 0 Å². The molecule has 0 unspecified atom stereocenters. The Balaban J connectivity index is 1.51. The third kappa shape index (κ3) is 5.86. The van der Waals surface area contributed by atoms with Crippen molar-refractivity contribution in [3.05, 3.63) is 101 Å². The van der Waals surface area contributed by atoms with E-state index in [1.54, 1.807) is 60.7 Å². The summed E-state index contributed by atoms with van der Waals surface area (Å²) in [5.41, 5.74) is 3.39. The van der Waals surface area contributed by atoms with Crippen LogP contribution < -0.4 is 20.2 Å². The molecule has 4 rings (SSSR count). The van der Waals surface area contributed by atoms with Crippen LogP contribution in [-0.4, -0.2) is 31.1 Å². The number of methoxy groups -OCH3 is 1. The summed E-state index contributed by atoms with van der Waals surface area (Å²) in [6.07, 6.45) is 1.32. The molecule has 0 aliphatic rings. The van der Waals surface area contributed by atoms with Crippen LogP contribution >= 0.6 is 11.6 Å². The van der Waals surface area contributed by atoms with Crippen LogP contribution in [0.5, 0.6) is 11.5 Å². The Kier molecular flexibility index (Phi) is 7.57. The molecule has 0 spiro atoms. The highest BCUT2D eigenvalue weighted by atomic mass is 35.5. The Labute approximate surface area is 211 Å². The zero-order chi connectivity index (χ0) is 25.5. The summed E-state index contributed by atoms with van der Waals surface area (Å²) in [4.78, 5) is 37.1. The third-order valence-corrected chi connectivity index (χ3v) is 5.38. The van der Waals surface area contributed by atoms with Crippen molar-refractivity contribution in [3.63, 3.8) is 0 Å². The molecule has 0 saturated carbocycles. The molecule has 0 bridgehead atoms. The van der Waals surface area contributed by atoms with Gasteiger partial charge in [-0.1, -0.05) is 41.9 Å². The van der Waals surface area contributed by atoms with E-state index in [-0.39, 0.29) is 5.75 Å². The van der Waals surface area contributed by atoms with Gasteiger partial charge in [-0.05, 0) is 65.4 Å². The van der Waals surface area contributed by atoms with Gasteiger partial charge in [0, 0.05) is 16.3 Å². The summed E-state index contributed by atoms with van der Waals surface area (Å²) in [5.74, 6) is -1.61. The SMILES string of the molecule is COc1ccc(NC(=O)C(=O)N/N=C\c2c(OC(=O)c3ccc(Cl)cc3)ccc3ccccc23)cc1. The molecule has 4 aromatic carbocycles. The van der Waals surface area contributed by atoms with Gasteiger partial charge in [0.25, 0.3) is 0 Å². The number of hydrogen-bond acceptors (Lipinski definition) is 6. The molecule has 0 atom stereocenters. The van der Waals surface area contributed by atoms with Crippen LogP contribution in [0.25, 0.3) is 10.8 Å². The number of fused-ring (bicyclic) bond motifs is 1. The molecule has 0 heterocycles. The Bertz CT molecular complexity index is 1450. The highest BCUT2D eigenvalue weighted by Crippen LogP contribution is 2.27. The fourth-order valence-electron chi connectivity index (χ4n) is 3.31. The number of benzene rings is 4. The van der Waals surface area contributed by atoms with Crippen LogP contribution in [-0.2, 0) is 9.59 Å². The number of carbonyl (C=O) groups is 3. The van der Waals surface area contributed by atoms with Crippen molar-refractivity contribution in [1.29, 1.82) is 0 Å². The molecule has 0 fully saturated rings. The van der Waals surface area contributed by atoms with E-state index in [2.05, 4.69) is 15.8 Å². The molecule has 8 nitrogen and oxygen atoms in total. The normalized spacial score (nSPS) is 10.7. The Morgan fingerprint density at radius 1 is 0.861 bits per heavy atom. The number of hydrazone groups is 1. The molecule has 180 valence electrons. The van der Waals surface area contributed by atoms with E-state index in [0.717, 1.165) is 10.8 Å². The predicted molar refractivity (Wildman–Crippen MR) is 138 cm³/mol. The van der Waals surface area contributed by atoms with Crippen molar-refractivity contribution in [3.8, 4) is 11.5 Å². The lowest BCUT2D eigenvalue weighted by Gasteiger charge is -2.10. The lowest BCUT2D eigenvalue weighted by Crippen LogP contribution is -2.32. The largest absolute Gasteiger partial charge is 0.497 e. The minimum Gasteiger partial charge on any atom is -0.497 e. The molecule has 0 radical (unpaired) electrons. The van der Waals surface area contributed by atoms with Gasteiger partial charge in [0.05, 0.1) is 18.9 Å². The quantitative estimate of drug-likeness (QED) is 0.130.